The van der Waals surface area contributed by atoms with Crippen molar-refractivity contribution in [2.24, 2.45) is 5.92 Å². The average molecular weight is 240 g/mol. The smallest absolute Gasteiger partial charge is 0.375 e. The van der Waals surface area contributed by atoms with E-state index in [1.807, 2.05) is 27.7 Å². The minimum Gasteiger partial charge on any atom is -0.375 e. The Morgan fingerprint density at radius 2 is 1.69 bits per heavy atom. The molecule has 1 unspecified atom stereocenters. The molecule has 0 aromatic heterocycles. The van der Waals surface area contributed by atoms with Crippen molar-refractivity contribution >= 4 is 0 Å². The number of hydrogen-bond acceptors (Lipinski definition) is 1. The third-order valence-electron chi connectivity index (χ3n) is 2.68. The van der Waals surface area contributed by atoms with Gasteiger partial charge in [0.15, 0.2) is 0 Å². The summed E-state index contributed by atoms with van der Waals surface area (Å²) in [4.78, 5) is 0. The van der Waals surface area contributed by atoms with Gasteiger partial charge in [-0.3, -0.25) is 0 Å². The van der Waals surface area contributed by atoms with E-state index in [4.69, 9.17) is 4.74 Å². The van der Waals surface area contributed by atoms with E-state index in [1.165, 1.54) is 0 Å². The van der Waals surface area contributed by atoms with Crippen LogP contribution in [0.3, 0.4) is 0 Å². The van der Waals surface area contributed by atoms with Crippen LogP contribution in [0.1, 0.15) is 53.4 Å². The predicted octanol–water partition coefficient (Wildman–Crippen LogP) is 4.56. The summed E-state index contributed by atoms with van der Waals surface area (Å²) < 4.78 is 41.7. The average Bonchev–Trinajstić information content (AvgIpc) is 2.13. The van der Waals surface area contributed by atoms with Crippen molar-refractivity contribution in [2.45, 2.75) is 65.2 Å². The minimum absolute atomic E-state index is 0.145. The Bertz CT molecular complexity index is 189. The Morgan fingerprint density at radius 1 is 1.12 bits per heavy atom. The van der Waals surface area contributed by atoms with Gasteiger partial charge >= 0.3 is 6.18 Å². The molecule has 0 radical (unpaired) electrons. The molecule has 0 aliphatic carbocycles. The lowest BCUT2D eigenvalue weighted by Gasteiger charge is -2.30. The molecule has 0 saturated heterocycles. The van der Waals surface area contributed by atoms with Crippen molar-refractivity contribution in [2.75, 3.05) is 6.61 Å². The Morgan fingerprint density at radius 3 is 2.06 bits per heavy atom. The van der Waals surface area contributed by atoms with Crippen molar-refractivity contribution in [1.29, 1.82) is 0 Å². The van der Waals surface area contributed by atoms with Gasteiger partial charge in [0.05, 0.1) is 5.60 Å². The highest BCUT2D eigenvalue weighted by atomic mass is 19.4. The molecule has 0 aromatic rings. The van der Waals surface area contributed by atoms with Crippen LogP contribution < -0.4 is 0 Å². The van der Waals surface area contributed by atoms with Gasteiger partial charge in [0, 0.05) is 13.0 Å². The predicted molar refractivity (Wildman–Crippen MR) is 59.4 cm³/mol. The molecule has 0 heterocycles. The third-order valence-corrected chi connectivity index (χ3v) is 2.68. The zero-order valence-electron chi connectivity index (χ0n) is 10.7. The van der Waals surface area contributed by atoms with Crippen molar-refractivity contribution < 1.29 is 17.9 Å². The Kier molecular flexibility index (Phi) is 6.38. The van der Waals surface area contributed by atoms with Crippen LogP contribution in [0.15, 0.2) is 0 Å². The molecule has 0 bridgehead atoms. The fourth-order valence-electron chi connectivity index (χ4n) is 1.38. The van der Waals surface area contributed by atoms with Crippen molar-refractivity contribution in [3.63, 3.8) is 0 Å². The van der Waals surface area contributed by atoms with Crippen LogP contribution >= 0.6 is 0 Å². The standard InChI is InChI=1S/C12H23F3O/c1-5-11(4,16-9-10(2)3)7-6-8-12(13,14)15/h10H,5-9H2,1-4H3. The largest absolute Gasteiger partial charge is 0.389 e. The molecule has 0 aliphatic rings. The van der Waals surface area contributed by atoms with Crippen molar-refractivity contribution in [3.8, 4) is 0 Å². The first-order chi connectivity index (χ1) is 7.18. The molecule has 16 heavy (non-hydrogen) atoms. The zero-order valence-corrected chi connectivity index (χ0v) is 10.7. The summed E-state index contributed by atoms with van der Waals surface area (Å²) in [5.41, 5.74) is -0.407. The molecule has 0 aromatic carbocycles. The summed E-state index contributed by atoms with van der Waals surface area (Å²) in [5.74, 6) is 0.411. The second kappa shape index (κ2) is 6.48. The highest BCUT2D eigenvalue weighted by Gasteiger charge is 2.29. The molecule has 0 saturated carbocycles. The molecule has 1 nitrogen and oxygen atoms in total. The number of ether oxygens (including phenoxy) is 1. The van der Waals surface area contributed by atoms with Crippen LogP contribution in [0.4, 0.5) is 13.2 Å². The quantitative estimate of drug-likeness (QED) is 0.633. The number of alkyl halides is 3. The lowest BCUT2D eigenvalue weighted by Crippen LogP contribution is -2.30. The second-order valence-electron chi connectivity index (χ2n) is 4.98. The molecular formula is C12H23F3O. The van der Waals surface area contributed by atoms with Gasteiger partial charge in [-0.05, 0) is 32.1 Å². The lowest BCUT2D eigenvalue weighted by atomic mass is 9.95. The zero-order chi connectivity index (χ0) is 12.8. The van der Waals surface area contributed by atoms with Gasteiger partial charge < -0.3 is 4.74 Å². The third kappa shape index (κ3) is 7.97. The van der Waals surface area contributed by atoms with E-state index in [9.17, 15) is 13.2 Å². The maximum atomic E-state index is 12.0. The van der Waals surface area contributed by atoms with Gasteiger partial charge in [-0.15, -0.1) is 0 Å². The highest BCUT2D eigenvalue weighted by Crippen LogP contribution is 2.28. The summed E-state index contributed by atoms with van der Waals surface area (Å²) in [5, 5.41) is 0. The Hall–Kier alpha value is -0.250. The summed E-state index contributed by atoms with van der Waals surface area (Å²) in [7, 11) is 0. The summed E-state index contributed by atoms with van der Waals surface area (Å²) >= 11 is 0. The Balaban J connectivity index is 3.97. The number of halogens is 3. The van der Waals surface area contributed by atoms with Crippen LogP contribution in [-0.2, 0) is 4.74 Å². The van der Waals surface area contributed by atoms with Gasteiger partial charge in [-0.25, -0.2) is 0 Å². The van der Waals surface area contributed by atoms with Gasteiger partial charge in [-0.1, -0.05) is 20.8 Å². The maximum absolute atomic E-state index is 12.0. The van der Waals surface area contributed by atoms with Crippen LogP contribution in [0.5, 0.6) is 0 Å². The minimum atomic E-state index is -4.05. The van der Waals surface area contributed by atoms with Crippen LogP contribution in [-0.4, -0.2) is 18.4 Å². The van der Waals surface area contributed by atoms with E-state index in [-0.39, 0.29) is 6.42 Å². The first kappa shape index (κ1) is 15.8. The summed E-state index contributed by atoms with van der Waals surface area (Å²) in [6, 6.07) is 0. The molecule has 0 N–H and O–H groups in total. The number of hydrogen-bond donors (Lipinski definition) is 0. The van der Waals surface area contributed by atoms with Crippen LogP contribution in [0, 0.1) is 5.92 Å². The Labute approximate surface area is 96.4 Å². The first-order valence-corrected chi connectivity index (χ1v) is 5.89. The monoisotopic (exact) mass is 240 g/mol. The molecule has 0 spiro atoms. The van der Waals surface area contributed by atoms with E-state index in [0.717, 1.165) is 6.42 Å². The van der Waals surface area contributed by atoms with E-state index < -0.39 is 18.2 Å². The first-order valence-electron chi connectivity index (χ1n) is 5.89. The molecule has 1 atom stereocenters. The topological polar surface area (TPSA) is 9.23 Å². The van der Waals surface area contributed by atoms with Gasteiger partial charge in [-0.2, -0.15) is 13.2 Å². The van der Waals surface area contributed by atoms with E-state index >= 15 is 0 Å². The number of rotatable bonds is 7. The highest BCUT2D eigenvalue weighted by molar-refractivity contribution is 4.74. The maximum Gasteiger partial charge on any atom is 0.389 e. The lowest BCUT2D eigenvalue weighted by molar-refractivity contribution is -0.139. The molecule has 4 heteroatoms. The van der Waals surface area contributed by atoms with Crippen LogP contribution in [0.2, 0.25) is 0 Å². The normalized spacial score (nSPS) is 16.5. The van der Waals surface area contributed by atoms with Gasteiger partial charge in [0.1, 0.15) is 0 Å². The molecule has 0 rings (SSSR count). The van der Waals surface area contributed by atoms with Crippen LogP contribution in [0.25, 0.3) is 0 Å². The fraction of sp³-hybridized carbons (Fsp3) is 1.00. The molecule has 0 aliphatic heterocycles. The van der Waals surface area contributed by atoms with E-state index in [2.05, 4.69) is 0 Å². The van der Waals surface area contributed by atoms with E-state index in [0.29, 0.717) is 18.9 Å². The molecule has 0 fully saturated rings. The molecule has 0 amide bonds. The van der Waals surface area contributed by atoms with Gasteiger partial charge in [0.25, 0.3) is 0 Å². The molecular weight excluding hydrogens is 217 g/mol. The summed E-state index contributed by atoms with van der Waals surface area (Å²) in [6.07, 6.45) is -3.40. The second-order valence-corrected chi connectivity index (χ2v) is 4.98. The fourth-order valence-corrected chi connectivity index (χ4v) is 1.38. The van der Waals surface area contributed by atoms with Crippen molar-refractivity contribution in [3.05, 3.63) is 0 Å². The SMILES string of the molecule is CCC(C)(CCCC(F)(F)F)OCC(C)C. The summed E-state index contributed by atoms with van der Waals surface area (Å²) in [6.45, 7) is 8.52. The molecule has 98 valence electrons. The van der Waals surface area contributed by atoms with Gasteiger partial charge in [0.2, 0.25) is 0 Å². The van der Waals surface area contributed by atoms with Crippen molar-refractivity contribution in [1.82, 2.24) is 0 Å². The van der Waals surface area contributed by atoms with E-state index in [1.54, 1.807) is 0 Å².